The molecule has 1 aliphatic rings. The van der Waals surface area contributed by atoms with Crippen molar-refractivity contribution in [3.8, 4) is 28.7 Å². The predicted molar refractivity (Wildman–Crippen MR) is 110 cm³/mol. The van der Waals surface area contributed by atoms with E-state index in [-0.39, 0.29) is 5.92 Å². The van der Waals surface area contributed by atoms with E-state index in [2.05, 4.69) is 26.0 Å². The molecule has 0 radical (unpaired) electrons. The van der Waals surface area contributed by atoms with Gasteiger partial charge in [0.05, 0.1) is 35.5 Å². The lowest BCUT2D eigenvalue weighted by Crippen LogP contribution is -2.11. The molecule has 0 N–H and O–H groups in total. The molecule has 28 heavy (non-hydrogen) atoms. The van der Waals surface area contributed by atoms with Crippen molar-refractivity contribution in [2.24, 2.45) is 5.92 Å². The SMILES string of the molecule is CC[C@@H]1c2cc(OC)c(OC)cc2[C@@H](c2cc(OC)c(OC)cc2OC)[C@@H]1C. The van der Waals surface area contributed by atoms with Crippen molar-refractivity contribution in [1.82, 2.24) is 0 Å². The molecule has 1 aliphatic carbocycles. The molecule has 0 spiro atoms. The quantitative estimate of drug-likeness (QED) is 0.670. The highest BCUT2D eigenvalue weighted by Crippen LogP contribution is 2.56. The zero-order valence-electron chi connectivity index (χ0n) is 17.8. The van der Waals surface area contributed by atoms with Crippen molar-refractivity contribution in [2.45, 2.75) is 32.1 Å². The zero-order chi connectivity index (χ0) is 20.4. The molecule has 0 fully saturated rings. The molecule has 0 saturated heterocycles. The van der Waals surface area contributed by atoms with Gasteiger partial charge >= 0.3 is 0 Å². The summed E-state index contributed by atoms with van der Waals surface area (Å²) in [4.78, 5) is 0. The summed E-state index contributed by atoms with van der Waals surface area (Å²) in [7, 11) is 8.33. The molecule has 0 unspecified atom stereocenters. The number of hydrogen-bond donors (Lipinski definition) is 0. The second-order valence-electron chi connectivity index (χ2n) is 7.14. The fraction of sp³-hybridized carbons (Fsp3) is 0.478. The minimum Gasteiger partial charge on any atom is -0.496 e. The van der Waals surface area contributed by atoms with E-state index in [0.717, 1.165) is 29.2 Å². The van der Waals surface area contributed by atoms with Crippen LogP contribution in [0.2, 0.25) is 0 Å². The van der Waals surface area contributed by atoms with Gasteiger partial charge in [0, 0.05) is 17.5 Å². The van der Waals surface area contributed by atoms with Crippen LogP contribution >= 0.6 is 0 Å². The van der Waals surface area contributed by atoms with E-state index >= 15 is 0 Å². The molecule has 0 aliphatic heterocycles. The van der Waals surface area contributed by atoms with Gasteiger partial charge in [0.2, 0.25) is 0 Å². The van der Waals surface area contributed by atoms with Crippen LogP contribution in [0.25, 0.3) is 0 Å². The van der Waals surface area contributed by atoms with E-state index in [0.29, 0.717) is 23.3 Å². The number of ether oxygens (including phenoxy) is 5. The molecule has 5 nitrogen and oxygen atoms in total. The maximum Gasteiger partial charge on any atom is 0.164 e. The molecule has 152 valence electrons. The molecule has 2 aromatic carbocycles. The highest BCUT2D eigenvalue weighted by molar-refractivity contribution is 5.60. The summed E-state index contributed by atoms with van der Waals surface area (Å²) in [5.41, 5.74) is 3.66. The van der Waals surface area contributed by atoms with Gasteiger partial charge < -0.3 is 23.7 Å². The van der Waals surface area contributed by atoms with E-state index in [1.165, 1.54) is 11.1 Å². The Balaban J connectivity index is 2.24. The average molecular weight is 386 g/mol. The summed E-state index contributed by atoms with van der Waals surface area (Å²) in [6, 6.07) is 8.19. The van der Waals surface area contributed by atoms with Gasteiger partial charge in [-0.25, -0.2) is 0 Å². The summed E-state index contributed by atoms with van der Waals surface area (Å²) < 4.78 is 27.9. The fourth-order valence-corrected chi connectivity index (χ4v) is 4.64. The van der Waals surface area contributed by atoms with Crippen LogP contribution in [0.15, 0.2) is 24.3 Å². The Hall–Kier alpha value is -2.56. The van der Waals surface area contributed by atoms with Crippen molar-refractivity contribution >= 4 is 0 Å². The van der Waals surface area contributed by atoms with Gasteiger partial charge in [-0.1, -0.05) is 13.8 Å². The topological polar surface area (TPSA) is 46.2 Å². The molecular weight excluding hydrogens is 356 g/mol. The Morgan fingerprint density at radius 1 is 0.607 bits per heavy atom. The molecular formula is C23H30O5. The predicted octanol–water partition coefficient (Wildman–Crippen LogP) is 5.00. The largest absolute Gasteiger partial charge is 0.496 e. The van der Waals surface area contributed by atoms with Crippen LogP contribution in [0.5, 0.6) is 28.7 Å². The number of fused-ring (bicyclic) bond motifs is 1. The number of methoxy groups -OCH3 is 5. The lowest BCUT2D eigenvalue weighted by atomic mass is 9.82. The van der Waals surface area contributed by atoms with Crippen molar-refractivity contribution in [3.05, 3.63) is 41.0 Å². The van der Waals surface area contributed by atoms with Gasteiger partial charge in [0.1, 0.15) is 5.75 Å². The normalized spacial score (nSPS) is 20.5. The maximum atomic E-state index is 5.74. The summed E-state index contributed by atoms with van der Waals surface area (Å²) in [6.45, 7) is 4.53. The molecule has 3 rings (SSSR count). The highest BCUT2D eigenvalue weighted by atomic mass is 16.5. The monoisotopic (exact) mass is 386 g/mol. The van der Waals surface area contributed by atoms with Crippen LogP contribution in [0.3, 0.4) is 0 Å². The third-order valence-corrected chi connectivity index (χ3v) is 5.99. The molecule has 0 bridgehead atoms. The summed E-state index contributed by atoms with van der Waals surface area (Å²) in [5, 5.41) is 0. The third-order valence-electron chi connectivity index (χ3n) is 5.99. The van der Waals surface area contributed by atoms with Gasteiger partial charge in [-0.3, -0.25) is 0 Å². The van der Waals surface area contributed by atoms with Crippen LogP contribution in [0.1, 0.15) is 48.8 Å². The fourth-order valence-electron chi connectivity index (χ4n) is 4.64. The Labute approximate surface area is 167 Å². The Morgan fingerprint density at radius 3 is 1.50 bits per heavy atom. The molecule has 5 heteroatoms. The van der Waals surface area contributed by atoms with Gasteiger partial charge in [-0.05, 0) is 47.6 Å². The van der Waals surface area contributed by atoms with Crippen LogP contribution in [0.4, 0.5) is 0 Å². The highest BCUT2D eigenvalue weighted by Gasteiger charge is 2.40. The van der Waals surface area contributed by atoms with E-state index in [1.54, 1.807) is 35.5 Å². The Morgan fingerprint density at radius 2 is 1.04 bits per heavy atom. The standard InChI is InChI=1S/C23H30O5/c1-8-14-13(2)23(16-10-20(26-5)19(25-4)9-15(14)16)17-11-21(27-6)22(28-7)12-18(17)24-3/h9-14,23H,8H2,1-7H3/t13-,14+,23+/m1/s1. The summed E-state index contributed by atoms with van der Waals surface area (Å²) in [6.07, 6.45) is 1.05. The minimum atomic E-state index is 0.162. The second-order valence-corrected chi connectivity index (χ2v) is 7.14. The molecule has 3 atom stereocenters. The van der Waals surface area contributed by atoms with Crippen molar-refractivity contribution in [1.29, 1.82) is 0 Å². The van der Waals surface area contributed by atoms with Crippen molar-refractivity contribution < 1.29 is 23.7 Å². The smallest absolute Gasteiger partial charge is 0.164 e. The molecule has 0 aromatic heterocycles. The molecule has 0 heterocycles. The molecule has 0 amide bonds. The first-order chi connectivity index (χ1) is 13.5. The van der Waals surface area contributed by atoms with E-state index in [9.17, 15) is 0 Å². The summed E-state index contributed by atoms with van der Waals surface area (Å²) in [5.74, 6) is 4.66. The molecule has 0 saturated carbocycles. The van der Waals surface area contributed by atoms with E-state index in [4.69, 9.17) is 23.7 Å². The number of benzene rings is 2. The molecule has 2 aromatic rings. The maximum absolute atomic E-state index is 5.74. The number of rotatable bonds is 7. The van der Waals surface area contributed by atoms with Crippen LogP contribution < -0.4 is 23.7 Å². The third kappa shape index (κ3) is 3.13. The van der Waals surface area contributed by atoms with Gasteiger partial charge in [-0.15, -0.1) is 0 Å². The van der Waals surface area contributed by atoms with Gasteiger partial charge in [-0.2, -0.15) is 0 Å². The second kappa shape index (κ2) is 8.21. The van der Waals surface area contributed by atoms with E-state index < -0.39 is 0 Å². The first-order valence-electron chi connectivity index (χ1n) is 9.60. The lowest BCUT2D eigenvalue weighted by molar-refractivity contribution is 0.344. The van der Waals surface area contributed by atoms with E-state index in [1.807, 2.05) is 12.1 Å². The first-order valence-corrected chi connectivity index (χ1v) is 9.60. The lowest BCUT2D eigenvalue weighted by Gasteiger charge is -2.24. The minimum absolute atomic E-state index is 0.162. The average Bonchev–Trinajstić information content (AvgIpc) is 3.01. The Kier molecular flexibility index (Phi) is 5.92. The number of hydrogen-bond acceptors (Lipinski definition) is 5. The van der Waals surface area contributed by atoms with Crippen LogP contribution in [-0.4, -0.2) is 35.5 Å². The van der Waals surface area contributed by atoms with Gasteiger partial charge in [0.25, 0.3) is 0 Å². The first kappa shape index (κ1) is 20.2. The van der Waals surface area contributed by atoms with Crippen LogP contribution in [-0.2, 0) is 0 Å². The summed E-state index contributed by atoms with van der Waals surface area (Å²) >= 11 is 0. The van der Waals surface area contributed by atoms with Crippen molar-refractivity contribution in [3.63, 3.8) is 0 Å². The van der Waals surface area contributed by atoms with Crippen molar-refractivity contribution in [2.75, 3.05) is 35.5 Å². The zero-order valence-corrected chi connectivity index (χ0v) is 17.8. The Bertz CT molecular complexity index is 845. The van der Waals surface area contributed by atoms with Crippen LogP contribution in [0, 0.1) is 5.92 Å². The van der Waals surface area contributed by atoms with Gasteiger partial charge in [0.15, 0.2) is 23.0 Å².